The molecular weight excluding hydrogens is 140 g/mol. The van der Waals surface area contributed by atoms with Gasteiger partial charge in [-0.3, -0.25) is 4.79 Å². The molecule has 1 fully saturated rings. The molecule has 1 aliphatic rings. The number of nitrogens with one attached hydrogen (secondary N) is 1. The number of rotatable bonds is 3. The van der Waals surface area contributed by atoms with Crippen LogP contribution in [0.5, 0.6) is 0 Å². The van der Waals surface area contributed by atoms with Crippen LogP contribution in [0.15, 0.2) is 0 Å². The zero-order valence-electron chi connectivity index (χ0n) is 6.63. The molecular formula is C8H12N2O. The molecule has 1 amide bonds. The SMILES string of the molecule is CC(CC#N)C(=O)NC1CC1. The Morgan fingerprint density at radius 2 is 2.45 bits per heavy atom. The Hall–Kier alpha value is -1.04. The van der Waals surface area contributed by atoms with Crippen LogP contribution in [0.2, 0.25) is 0 Å². The van der Waals surface area contributed by atoms with E-state index in [2.05, 4.69) is 5.32 Å². The number of hydrogen-bond donors (Lipinski definition) is 1. The molecule has 3 heteroatoms. The molecule has 0 spiro atoms. The lowest BCUT2D eigenvalue weighted by Gasteiger charge is -2.06. The molecule has 0 aromatic rings. The van der Waals surface area contributed by atoms with Crippen molar-refractivity contribution in [1.82, 2.24) is 5.32 Å². The quantitative estimate of drug-likeness (QED) is 0.650. The van der Waals surface area contributed by atoms with Crippen LogP contribution >= 0.6 is 0 Å². The summed E-state index contributed by atoms with van der Waals surface area (Å²) in [7, 11) is 0. The van der Waals surface area contributed by atoms with Gasteiger partial charge >= 0.3 is 0 Å². The first-order valence-electron chi connectivity index (χ1n) is 3.91. The summed E-state index contributed by atoms with van der Waals surface area (Å²) in [6.45, 7) is 1.78. The first-order chi connectivity index (χ1) is 5.24. The molecule has 11 heavy (non-hydrogen) atoms. The van der Waals surface area contributed by atoms with E-state index in [1.165, 1.54) is 0 Å². The van der Waals surface area contributed by atoms with Crippen LogP contribution in [0.4, 0.5) is 0 Å². The second kappa shape index (κ2) is 3.38. The largest absolute Gasteiger partial charge is 0.353 e. The molecule has 1 rings (SSSR count). The molecule has 0 bridgehead atoms. The maximum Gasteiger partial charge on any atom is 0.224 e. The van der Waals surface area contributed by atoms with E-state index in [1.807, 2.05) is 6.07 Å². The predicted molar refractivity (Wildman–Crippen MR) is 40.6 cm³/mol. The average Bonchev–Trinajstić information content (AvgIpc) is 2.72. The maximum absolute atomic E-state index is 11.1. The topological polar surface area (TPSA) is 52.9 Å². The zero-order valence-corrected chi connectivity index (χ0v) is 6.63. The average molecular weight is 152 g/mol. The van der Waals surface area contributed by atoms with Crippen LogP contribution in [-0.2, 0) is 4.79 Å². The van der Waals surface area contributed by atoms with E-state index < -0.39 is 0 Å². The van der Waals surface area contributed by atoms with Crippen molar-refractivity contribution in [2.45, 2.75) is 32.2 Å². The van der Waals surface area contributed by atoms with Gasteiger partial charge in [-0.1, -0.05) is 6.92 Å². The Morgan fingerprint density at radius 3 is 2.91 bits per heavy atom. The Kier molecular flexibility index (Phi) is 2.48. The molecule has 60 valence electrons. The van der Waals surface area contributed by atoms with Crippen molar-refractivity contribution in [3.05, 3.63) is 0 Å². The Bertz CT molecular complexity index is 191. The van der Waals surface area contributed by atoms with E-state index in [0.717, 1.165) is 12.8 Å². The predicted octanol–water partition coefficient (Wildman–Crippen LogP) is 0.815. The number of hydrogen-bond acceptors (Lipinski definition) is 2. The molecule has 0 radical (unpaired) electrons. The lowest BCUT2D eigenvalue weighted by atomic mass is 10.1. The summed E-state index contributed by atoms with van der Waals surface area (Å²) < 4.78 is 0. The molecule has 1 unspecified atom stereocenters. The van der Waals surface area contributed by atoms with E-state index >= 15 is 0 Å². The third kappa shape index (κ3) is 2.58. The molecule has 3 nitrogen and oxygen atoms in total. The van der Waals surface area contributed by atoms with Crippen LogP contribution < -0.4 is 5.32 Å². The molecule has 0 aliphatic heterocycles. The van der Waals surface area contributed by atoms with Gasteiger partial charge in [-0.25, -0.2) is 0 Å². The van der Waals surface area contributed by atoms with Crippen LogP contribution in [0.1, 0.15) is 26.2 Å². The zero-order chi connectivity index (χ0) is 8.27. The number of carbonyl (C=O) groups excluding carboxylic acids is 1. The van der Waals surface area contributed by atoms with Crippen molar-refractivity contribution >= 4 is 5.91 Å². The lowest BCUT2D eigenvalue weighted by Crippen LogP contribution is -2.30. The van der Waals surface area contributed by atoms with Gasteiger partial charge in [0.25, 0.3) is 0 Å². The minimum atomic E-state index is -0.152. The van der Waals surface area contributed by atoms with E-state index in [1.54, 1.807) is 6.92 Å². The van der Waals surface area contributed by atoms with Crippen LogP contribution in [-0.4, -0.2) is 11.9 Å². The fraction of sp³-hybridized carbons (Fsp3) is 0.750. The maximum atomic E-state index is 11.1. The Labute approximate surface area is 66.4 Å². The summed E-state index contributed by atoms with van der Waals surface area (Å²) in [6, 6.07) is 2.39. The third-order valence-electron chi connectivity index (χ3n) is 1.77. The summed E-state index contributed by atoms with van der Waals surface area (Å²) in [5, 5.41) is 11.2. The highest BCUT2D eigenvalue weighted by Gasteiger charge is 2.25. The van der Waals surface area contributed by atoms with E-state index in [4.69, 9.17) is 5.26 Å². The van der Waals surface area contributed by atoms with Gasteiger partial charge in [0.05, 0.1) is 6.07 Å². The minimum absolute atomic E-state index is 0.0223. The first-order valence-corrected chi connectivity index (χ1v) is 3.91. The van der Waals surface area contributed by atoms with Crippen molar-refractivity contribution in [2.24, 2.45) is 5.92 Å². The third-order valence-corrected chi connectivity index (χ3v) is 1.77. The number of amides is 1. The lowest BCUT2D eigenvalue weighted by molar-refractivity contribution is -0.124. The highest BCUT2D eigenvalue weighted by molar-refractivity contribution is 5.79. The molecule has 1 atom stereocenters. The Balaban J connectivity index is 2.22. The van der Waals surface area contributed by atoms with E-state index in [9.17, 15) is 4.79 Å². The van der Waals surface area contributed by atoms with Crippen LogP contribution in [0.3, 0.4) is 0 Å². The van der Waals surface area contributed by atoms with Crippen molar-refractivity contribution in [1.29, 1.82) is 5.26 Å². The molecule has 0 heterocycles. The highest BCUT2D eigenvalue weighted by atomic mass is 16.1. The summed E-state index contributed by atoms with van der Waals surface area (Å²) in [6.07, 6.45) is 2.52. The standard InChI is InChI=1S/C8H12N2O/c1-6(4-5-9)8(11)10-7-2-3-7/h6-7H,2-4H2,1H3,(H,10,11). The highest BCUT2D eigenvalue weighted by Crippen LogP contribution is 2.19. The normalized spacial score (nSPS) is 18.5. The number of nitrogens with zero attached hydrogens (tertiary/aromatic N) is 1. The second-order valence-electron chi connectivity index (χ2n) is 3.05. The monoisotopic (exact) mass is 152 g/mol. The van der Waals surface area contributed by atoms with Gasteiger partial charge in [0.2, 0.25) is 5.91 Å². The first kappa shape index (κ1) is 8.06. The van der Waals surface area contributed by atoms with Crippen molar-refractivity contribution < 1.29 is 4.79 Å². The second-order valence-corrected chi connectivity index (χ2v) is 3.05. The van der Waals surface area contributed by atoms with Crippen molar-refractivity contribution in [2.75, 3.05) is 0 Å². The van der Waals surface area contributed by atoms with Crippen molar-refractivity contribution in [3.8, 4) is 6.07 Å². The smallest absolute Gasteiger partial charge is 0.224 e. The van der Waals surface area contributed by atoms with E-state index in [-0.39, 0.29) is 11.8 Å². The van der Waals surface area contributed by atoms with Gasteiger partial charge in [0.1, 0.15) is 0 Å². The molecule has 0 aromatic carbocycles. The van der Waals surface area contributed by atoms with E-state index in [0.29, 0.717) is 12.5 Å². The summed E-state index contributed by atoms with van der Waals surface area (Å²) >= 11 is 0. The minimum Gasteiger partial charge on any atom is -0.353 e. The fourth-order valence-electron chi connectivity index (χ4n) is 0.801. The molecule has 0 saturated heterocycles. The number of nitriles is 1. The summed E-state index contributed by atoms with van der Waals surface area (Å²) in [5.41, 5.74) is 0. The number of carbonyl (C=O) groups is 1. The summed E-state index contributed by atoms with van der Waals surface area (Å²) in [4.78, 5) is 11.1. The fourth-order valence-corrected chi connectivity index (χ4v) is 0.801. The van der Waals surface area contributed by atoms with Crippen molar-refractivity contribution in [3.63, 3.8) is 0 Å². The molecule has 0 aromatic heterocycles. The summed E-state index contributed by atoms with van der Waals surface area (Å²) in [5.74, 6) is -0.130. The molecule has 1 N–H and O–H groups in total. The van der Waals surface area contributed by atoms with Gasteiger partial charge in [-0.15, -0.1) is 0 Å². The Morgan fingerprint density at radius 1 is 1.82 bits per heavy atom. The molecule has 1 saturated carbocycles. The van der Waals surface area contributed by atoms with Gasteiger partial charge in [0, 0.05) is 18.4 Å². The van der Waals surface area contributed by atoms with Gasteiger partial charge in [0.15, 0.2) is 0 Å². The van der Waals surface area contributed by atoms with Crippen LogP contribution in [0, 0.1) is 17.2 Å². The van der Waals surface area contributed by atoms with Gasteiger partial charge in [-0.2, -0.15) is 5.26 Å². The van der Waals surface area contributed by atoms with Crippen LogP contribution in [0.25, 0.3) is 0 Å². The molecule has 1 aliphatic carbocycles. The van der Waals surface area contributed by atoms with Gasteiger partial charge < -0.3 is 5.32 Å². The van der Waals surface area contributed by atoms with Gasteiger partial charge in [-0.05, 0) is 12.8 Å².